The number of fused-ring (bicyclic) bond motifs is 7. The number of rotatable bonds is 7. The number of nitrogens with zero attached hydrogens (tertiary/aromatic N) is 1. The lowest BCUT2D eigenvalue weighted by Gasteiger charge is -2.26. The van der Waals surface area contributed by atoms with Crippen LogP contribution < -0.4 is 26.8 Å². The fourth-order valence-electron chi connectivity index (χ4n) is 11.2. The van der Waals surface area contributed by atoms with E-state index in [2.05, 4.69) is 243 Å². The second kappa shape index (κ2) is 14.9. The van der Waals surface area contributed by atoms with Crippen molar-refractivity contribution < 1.29 is 0 Å². The van der Waals surface area contributed by atoms with E-state index in [9.17, 15) is 0 Å². The lowest BCUT2D eigenvalue weighted by atomic mass is 9.30. The van der Waals surface area contributed by atoms with Crippen LogP contribution >= 0.6 is 0 Å². The van der Waals surface area contributed by atoms with E-state index < -0.39 is 0 Å². The smallest absolute Gasteiger partial charge is 0.203 e. The fraction of sp³-hybridized carbons (Fsp3) is 0.0667. The van der Waals surface area contributed by atoms with Crippen LogP contribution in [0.2, 0.25) is 6.22 Å². The summed E-state index contributed by atoms with van der Waals surface area (Å²) in [6, 6.07) is 83.7. The van der Waals surface area contributed by atoms with Gasteiger partial charge in [0, 0.05) is 22.5 Å². The van der Waals surface area contributed by atoms with Crippen molar-refractivity contribution in [2.45, 2.75) is 25.5 Å². The van der Waals surface area contributed by atoms with Crippen LogP contribution in [0, 0.1) is 0 Å². The Morgan fingerprint density at radius 1 is 0.381 bits per heavy atom. The van der Waals surface area contributed by atoms with Crippen LogP contribution in [0.15, 0.2) is 224 Å². The van der Waals surface area contributed by atoms with Crippen molar-refractivity contribution >= 4 is 73.9 Å². The molecule has 10 aromatic carbocycles. The quantitative estimate of drug-likeness (QED) is 0.115. The van der Waals surface area contributed by atoms with Crippen LogP contribution in [0.25, 0.3) is 54.9 Å². The number of anilines is 3. The van der Waals surface area contributed by atoms with Crippen LogP contribution in [0.1, 0.15) is 25.0 Å². The molecule has 0 N–H and O–H groups in total. The maximum absolute atomic E-state index is 2.54. The van der Waals surface area contributed by atoms with Crippen LogP contribution in [0.4, 0.5) is 17.1 Å². The Kier molecular flexibility index (Phi) is 8.87. The van der Waals surface area contributed by atoms with Crippen LogP contribution in [-0.4, -0.2) is 13.4 Å². The average molecular weight is 802 g/mol. The highest BCUT2D eigenvalue weighted by Gasteiger charge is 2.41. The van der Waals surface area contributed by atoms with Gasteiger partial charge in [-0.2, -0.15) is 0 Å². The standard InChI is InChI=1S/C60H45B2N/c1-60(2)56-28-16-15-26-51(56)55-38-54(52-27-17-29-58-59(52)62(45-20-9-4-10-21-45)40-61(58)44-18-7-3-8-19-44)53(39-57(55)60)42-32-34-49-41(36-42)30-31-43-37-48(33-35-50(43)49)63(46-22-11-5-12-23-46)47-24-13-6-14-25-47/h3-39H,40H2,1-2H3. The lowest BCUT2D eigenvalue weighted by molar-refractivity contribution is 0.660. The number of benzene rings is 10. The largest absolute Gasteiger partial charge is 0.310 e. The summed E-state index contributed by atoms with van der Waals surface area (Å²) in [5.41, 5.74) is 19.6. The highest BCUT2D eigenvalue weighted by Crippen LogP contribution is 2.52. The zero-order valence-electron chi connectivity index (χ0n) is 35.7. The topological polar surface area (TPSA) is 3.24 Å². The molecule has 2 aliphatic rings. The van der Waals surface area contributed by atoms with Gasteiger partial charge in [0.15, 0.2) is 0 Å². The number of hydrogen-bond donors (Lipinski definition) is 0. The minimum atomic E-state index is -0.124. The maximum Gasteiger partial charge on any atom is 0.203 e. The van der Waals surface area contributed by atoms with E-state index in [0.717, 1.165) is 23.3 Å². The summed E-state index contributed by atoms with van der Waals surface area (Å²) < 4.78 is 0. The van der Waals surface area contributed by atoms with Crippen molar-refractivity contribution in [1.82, 2.24) is 0 Å². The van der Waals surface area contributed by atoms with Gasteiger partial charge in [-0.3, -0.25) is 0 Å². The first-order chi connectivity index (χ1) is 31.0. The maximum atomic E-state index is 2.54. The van der Waals surface area contributed by atoms with Crippen molar-refractivity contribution in [2.75, 3.05) is 4.90 Å². The summed E-state index contributed by atoms with van der Waals surface area (Å²) in [4.78, 5) is 2.34. The van der Waals surface area contributed by atoms with Crippen LogP contribution in [-0.2, 0) is 5.41 Å². The molecule has 0 aromatic heterocycles. The van der Waals surface area contributed by atoms with E-state index in [-0.39, 0.29) is 12.1 Å². The summed E-state index contributed by atoms with van der Waals surface area (Å²) >= 11 is 0. The average Bonchev–Trinajstić information content (AvgIpc) is 3.84. The molecule has 12 rings (SSSR count). The van der Waals surface area contributed by atoms with Gasteiger partial charge >= 0.3 is 0 Å². The van der Waals surface area contributed by atoms with E-state index in [1.54, 1.807) is 0 Å². The van der Waals surface area contributed by atoms with Gasteiger partial charge in [0.25, 0.3) is 0 Å². The van der Waals surface area contributed by atoms with Gasteiger partial charge in [0.05, 0.1) is 0 Å². The molecule has 0 saturated carbocycles. The molecule has 0 saturated heterocycles. The highest BCUT2D eigenvalue weighted by molar-refractivity contribution is 7.09. The summed E-state index contributed by atoms with van der Waals surface area (Å²) in [6.45, 7) is 5.40. The molecule has 10 aromatic rings. The number of para-hydroxylation sites is 2. The first-order valence-corrected chi connectivity index (χ1v) is 22.4. The van der Waals surface area contributed by atoms with Gasteiger partial charge in [-0.25, -0.2) is 0 Å². The molecule has 0 radical (unpaired) electrons. The summed E-state index contributed by atoms with van der Waals surface area (Å²) in [7, 11) is 0. The van der Waals surface area contributed by atoms with E-state index >= 15 is 0 Å². The molecular weight excluding hydrogens is 756 g/mol. The molecule has 0 spiro atoms. The highest BCUT2D eigenvalue weighted by atomic mass is 15.1. The molecule has 296 valence electrons. The molecule has 1 heterocycles. The monoisotopic (exact) mass is 801 g/mol. The molecule has 3 heteroatoms. The summed E-state index contributed by atoms with van der Waals surface area (Å²) in [6.07, 6.45) is 1.05. The van der Waals surface area contributed by atoms with Crippen LogP contribution in [0.5, 0.6) is 0 Å². The van der Waals surface area contributed by atoms with Crippen molar-refractivity contribution in [3.8, 4) is 33.4 Å². The Hall–Kier alpha value is -7.35. The van der Waals surface area contributed by atoms with Crippen molar-refractivity contribution in [3.05, 3.63) is 236 Å². The summed E-state index contributed by atoms with van der Waals surface area (Å²) in [5.74, 6) is 0. The second-order valence-corrected chi connectivity index (χ2v) is 18.0. The van der Waals surface area contributed by atoms with E-state index in [0.29, 0.717) is 6.71 Å². The van der Waals surface area contributed by atoms with Gasteiger partial charge < -0.3 is 4.90 Å². The second-order valence-electron chi connectivity index (χ2n) is 18.0. The van der Waals surface area contributed by atoms with Gasteiger partial charge in [0.2, 0.25) is 13.4 Å². The zero-order chi connectivity index (χ0) is 42.1. The Labute approximate surface area is 371 Å². The third kappa shape index (κ3) is 6.17. The van der Waals surface area contributed by atoms with Gasteiger partial charge in [-0.1, -0.05) is 212 Å². The third-order valence-corrected chi connectivity index (χ3v) is 14.2. The molecule has 1 nitrogen and oxygen atoms in total. The Balaban J connectivity index is 1.04. The van der Waals surface area contributed by atoms with E-state index in [1.807, 2.05) is 0 Å². The first-order valence-electron chi connectivity index (χ1n) is 22.4. The minimum Gasteiger partial charge on any atom is -0.310 e. The molecule has 0 unspecified atom stereocenters. The summed E-state index contributed by atoms with van der Waals surface area (Å²) in [5, 5.41) is 4.99. The number of hydrogen-bond acceptors (Lipinski definition) is 1. The fourth-order valence-corrected chi connectivity index (χ4v) is 11.2. The van der Waals surface area contributed by atoms with Crippen molar-refractivity contribution in [3.63, 3.8) is 0 Å². The molecule has 1 aliphatic carbocycles. The molecule has 0 fully saturated rings. The lowest BCUT2D eigenvalue weighted by Crippen LogP contribution is -2.45. The Morgan fingerprint density at radius 2 is 0.952 bits per heavy atom. The van der Waals surface area contributed by atoms with Gasteiger partial charge in [0.1, 0.15) is 0 Å². The first kappa shape index (κ1) is 37.4. The molecule has 0 bridgehead atoms. The van der Waals surface area contributed by atoms with Crippen LogP contribution in [0.3, 0.4) is 0 Å². The normalized spacial score (nSPS) is 13.6. The molecule has 1 aliphatic heterocycles. The SMILES string of the molecule is CC1(C)c2ccccc2-c2cc(-c3cccc4c3B(c3ccccc3)CB4c3ccccc3)c(-c3ccc4c(ccc5cc(N(c6ccccc6)c6ccccc6)ccc54)c3)cc21. The molecule has 0 amide bonds. The minimum absolute atomic E-state index is 0.124. The third-order valence-electron chi connectivity index (χ3n) is 14.2. The molecule has 63 heavy (non-hydrogen) atoms. The van der Waals surface area contributed by atoms with E-state index in [1.165, 1.54) is 87.9 Å². The van der Waals surface area contributed by atoms with Crippen molar-refractivity contribution in [2.24, 2.45) is 0 Å². The predicted molar refractivity (Wildman–Crippen MR) is 272 cm³/mol. The Morgan fingerprint density at radius 3 is 1.63 bits per heavy atom. The van der Waals surface area contributed by atoms with E-state index in [4.69, 9.17) is 0 Å². The van der Waals surface area contributed by atoms with Crippen molar-refractivity contribution in [1.29, 1.82) is 0 Å². The molecular formula is C60H45B2N. The molecule has 0 atom stereocenters. The predicted octanol–water partition coefficient (Wildman–Crippen LogP) is 12.9. The zero-order valence-corrected chi connectivity index (χ0v) is 35.7. The Bertz CT molecular complexity index is 3300. The van der Waals surface area contributed by atoms with Gasteiger partial charge in [-0.15, -0.1) is 0 Å². The van der Waals surface area contributed by atoms with Gasteiger partial charge in [-0.05, 0) is 121 Å².